The van der Waals surface area contributed by atoms with Crippen molar-refractivity contribution in [1.82, 2.24) is 0 Å². The Hall–Kier alpha value is 0.194. The summed E-state index contributed by atoms with van der Waals surface area (Å²) in [6, 6.07) is 7.31. The standard InChI is InChI=1S/C7H8NO2S.H2N.Y/c1-6-4-2-3-5-7(6)11(8,9)10;;/h2,4-5H,1H3,(H2,8,9,10);1H2;/q2*-1;. The Morgan fingerprint density at radius 2 is 2.00 bits per heavy atom. The van der Waals surface area contributed by atoms with Crippen LogP contribution in [0.3, 0.4) is 0 Å². The number of nitrogens with two attached hydrogens (primary N) is 2. The molecule has 0 saturated carbocycles. The molecule has 0 saturated heterocycles. The Morgan fingerprint density at radius 1 is 1.46 bits per heavy atom. The molecule has 13 heavy (non-hydrogen) atoms. The van der Waals surface area contributed by atoms with Gasteiger partial charge in [-0.1, -0.05) is 6.92 Å². The minimum Gasteiger partial charge on any atom is -0.693 e. The van der Waals surface area contributed by atoms with E-state index in [0.717, 1.165) is 0 Å². The minimum atomic E-state index is -3.56. The molecule has 4 N–H and O–H groups in total. The van der Waals surface area contributed by atoms with Crippen LogP contribution < -0.4 is 5.14 Å². The first kappa shape index (κ1) is 15.7. The molecule has 71 valence electrons. The van der Waals surface area contributed by atoms with Crippen molar-refractivity contribution in [2.75, 3.05) is 0 Å². The summed E-state index contributed by atoms with van der Waals surface area (Å²) in [4.78, 5) is 0.139. The van der Waals surface area contributed by atoms with Gasteiger partial charge in [0.15, 0.2) is 10.0 Å². The molecule has 0 bridgehead atoms. The average Bonchev–Trinajstić information content (AvgIpc) is 1.86. The molecule has 0 unspecified atom stereocenters. The smallest absolute Gasteiger partial charge is 0.191 e. The molecule has 0 aromatic heterocycles. The predicted molar refractivity (Wildman–Crippen MR) is 46.7 cm³/mol. The van der Waals surface area contributed by atoms with Crippen molar-refractivity contribution in [2.45, 2.75) is 11.8 Å². The Morgan fingerprint density at radius 3 is 2.31 bits per heavy atom. The molecule has 6 heteroatoms. The van der Waals surface area contributed by atoms with Crippen molar-refractivity contribution < 1.29 is 41.1 Å². The van der Waals surface area contributed by atoms with Crippen LogP contribution in [0, 0.1) is 13.0 Å². The number of benzene rings is 1. The van der Waals surface area contributed by atoms with Crippen molar-refractivity contribution in [3.8, 4) is 0 Å². The third-order valence-electron chi connectivity index (χ3n) is 1.34. The summed E-state index contributed by atoms with van der Waals surface area (Å²) in [5, 5.41) is 4.91. The Labute approximate surface area is 103 Å². The molecule has 1 radical (unpaired) electrons. The molecule has 1 rings (SSSR count). The number of rotatable bonds is 1. The van der Waals surface area contributed by atoms with E-state index >= 15 is 0 Å². The van der Waals surface area contributed by atoms with Crippen LogP contribution in [-0.2, 0) is 42.7 Å². The van der Waals surface area contributed by atoms with E-state index in [-0.39, 0.29) is 43.8 Å². The van der Waals surface area contributed by atoms with E-state index in [1.54, 1.807) is 19.1 Å². The van der Waals surface area contributed by atoms with Gasteiger partial charge in [0.05, 0.1) is 0 Å². The van der Waals surface area contributed by atoms with Crippen LogP contribution in [0.4, 0.5) is 0 Å². The fraction of sp³-hybridized carbons (Fsp3) is 0.143. The quantitative estimate of drug-likeness (QED) is 0.778. The Balaban J connectivity index is 0. The molecule has 0 atom stereocenters. The molecule has 1 aromatic rings. The average molecular weight is 275 g/mol. The minimum absolute atomic E-state index is 0. The van der Waals surface area contributed by atoms with Gasteiger partial charge in [-0.25, -0.2) is 13.6 Å². The van der Waals surface area contributed by atoms with Gasteiger partial charge in [0.25, 0.3) is 0 Å². The zero-order valence-electron chi connectivity index (χ0n) is 7.19. The monoisotopic (exact) mass is 275 g/mol. The van der Waals surface area contributed by atoms with Gasteiger partial charge in [0.2, 0.25) is 0 Å². The summed E-state index contributed by atoms with van der Waals surface area (Å²) < 4.78 is 21.6. The summed E-state index contributed by atoms with van der Waals surface area (Å²) in [5.74, 6) is 0. The zero-order valence-corrected chi connectivity index (χ0v) is 10.8. The van der Waals surface area contributed by atoms with Crippen molar-refractivity contribution in [1.29, 1.82) is 0 Å². The van der Waals surface area contributed by atoms with E-state index < -0.39 is 10.0 Å². The Bertz CT molecular complexity index is 365. The fourth-order valence-corrected chi connectivity index (χ4v) is 1.55. The first-order valence-corrected chi connectivity index (χ1v) is 4.56. The first-order valence-electron chi connectivity index (χ1n) is 3.01. The van der Waals surface area contributed by atoms with E-state index in [1.165, 1.54) is 6.07 Å². The summed E-state index contributed by atoms with van der Waals surface area (Å²) in [6.45, 7) is 1.69. The summed E-state index contributed by atoms with van der Waals surface area (Å²) >= 11 is 0. The molecule has 0 heterocycles. The van der Waals surface area contributed by atoms with E-state index in [9.17, 15) is 8.42 Å². The molecular formula is C7H10N2O2SY-2. The van der Waals surface area contributed by atoms with E-state index in [0.29, 0.717) is 5.56 Å². The Kier molecular flexibility index (Phi) is 7.02. The van der Waals surface area contributed by atoms with E-state index in [2.05, 4.69) is 6.07 Å². The fourth-order valence-electron chi connectivity index (χ4n) is 0.799. The summed E-state index contributed by atoms with van der Waals surface area (Å²) in [7, 11) is -3.56. The third-order valence-corrected chi connectivity index (χ3v) is 2.39. The second-order valence-electron chi connectivity index (χ2n) is 2.24. The van der Waals surface area contributed by atoms with E-state index in [4.69, 9.17) is 5.14 Å². The molecule has 0 aliphatic carbocycles. The topological polar surface area (TPSA) is 93.7 Å². The molecule has 4 nitrogen and oxygen atoms in total. The molecule has 0 aliphatic heterocycles. The molecule has 0 spiro atoms. The van der Waals surface area contributed by atoms with Gasteiger partial charge in [0.1, 0.15) is 0 Å². The zero-order chi connectivity index (χ0) is 8.48. The van der Waals surface area contributed by atoms with Crippen LogP contribution in [0.2, 0.25) is 0 Å². The second-order valence-corrected chi connectivity index (χ2v) is 3.77. The van der Waals surface area contributed by atoms with Crippen LogP contribution >= 0.6 is 0 Å². The first-order chi connectivity index (χ1) is 5.02. The predicted octanol–water partition coefficient (Wildman–Crippen LogP) is 1.16. The van der Waals surface area contributed by atoms with Crippen LogP contribution in [0.15, 0.2) is 23.1 Å². The van der Waals surface area contributed by atoms with Gasteiger partial charge >= 0.3 is 0 Å². The number of aryl methyl sites for hydroxylation is 1. The number of hydrogen-bond acceptors (Lipinski definition) is 2. The maximum atomic E-state index is 10.8. The third kappa shape index (κ3) is 4.29. The van der Waals surface area contributed by atoms with Gasteiger partial charge in [-0.05, 0) is 4.90 Å². The van der Waals surface area contributed by atoms with Crippen molar-refractivity contribution >= 4 is 10.0 Å². The maximum Gasteiger partial charge on any atom is 0.191 e. The van der Waals surface area contributed by atoms with Gasteiger partial charge in [-0.3, -0.25) is 0 Å². The van der Waals surface area contributed by atoms with Crippen LogP contribution in [0.25, 0.3) is 6.15 Å². The summed E-state index contributed by atoms with van der Waals surface area (Å²) in [6.07, 6.45) is 0. The normalized spacial score (nSPS) is 9.69. The molecule has 0 aliphatic rings. The summed E-state index contributed by atoms with van der Waals surface area (Å²) in [5.41, 5.74) is 0.645. The van der Waals surface area contributed by atoms with Gasteiger partial charge in [0, 0.05) is 32.7 Å². The van der Waals surface area contributed by atoms with Gasteiger partial charge in [-0.15, -0.1) is 5.56 Å². The van der Waals surface area contributed by atoms with Crippen molar-refractivity contribution in [3.05, 3.63) is 36.0 Å². The van der Waals surface area contributed by atoms with Gasteiger partial charge in [-0.2, -0.15) is 24.3 Å². The largest absolute Gasteiger partial charge is 0.693 e. The molecule has 0 amide bonds. The van der Waals surface area contributed by atoms with E-state index in [1.807, 2.05) is 0 Å². The number of primary sulfonamides is 1. The molecular weight excluding hydrogens is 265 g/mol. The second kappa shape index (κ2) is 5.83. The number of sulfonamides is 1. The molecule has 1 aromatic carbocycles. The van der Waals surface area contributed by atoms with Crippen LogP contribution in [0.5, 0.6) is 0 Å². The van der Waals surface area contributed by atoms with Crippen molar-refractivity contribution in [2.24, 2.45) is 5.14 Å². The maximum absolute atomic E-state index is 10.8. The number of hydrogen-bond donors (Lipinski definition) is 1. The van der Waals surface area contributed by atoms with Crippen molar-refractivity contribution in [3.63, 3.8) is 0 Å². The molecule has 0 fully saturated rings. The van der Waals surface area contributed by atoms with Gasteiger partial charge < -0.3 is 6.15 Å². The van der Waals surface area contributed by atoms with Crippen LogP contribution in [0.1, 0.15) is 5.56 Å². The SMILES string of the molecule is Cc1cc[c-]cc1S(N)(=O)=O.[NH2-].[Y]. The van der Waals surface area contributed by atoms with Crippen LogP contribution in [-0.4, -0.2) is 8.42 Å².